The van der Waals surface area contributed by atoms with E-state index in [2.05, 4.69) is 4.74 Å². The van der Waals surface area contributed by atoms with Crippen LogP contribution in [0, 0.1) is 0 Å². The Kier molecular flexibility index (Phi) is 11.6. The van der Waals surface area contributed by atoms with Crippen LogP contribution in [-0.4, -0.2) is 62.6 Å². The molecule has 1 aliphatic carbocycles. The van der Waals surface area contributed by atoms with E-state index in [1.807, 2.05) is 0 Å². The molecule has 1 atom stereocenters. The highest BCUT2D eigenvalue weighted by atomic mass is 35.5. The van der Waals surface area contributed by atoms with Crippen LogP contribution in [-0.2, 0) is 14.3 Å². The third kappa shape index (κ3) is 7.57. The van der Waals surface area contributed by atoms with Crippen molar-refractivity contribution in [2.45, 2.75) is 51.3 Å². The number of alkyl halides is 7. The summed E-state index contributed by atoms with van der Waals surface area (Å²) in [7, 11) is 1.05. The maximum absolute atomic E-state index is 12.4. The number of carboxylic acid groups (broad SMARTS) is 1. The van der Waals surface area contributed by atoms with Crippen molar-refractivity contribution in [1.82, 2.24) is 0 Å². The van der Waals surface area contributed by atoms with Crippen LogP contribution < -0.4 is 0 Å². The van der Waals surface area contributed by atoms with Crippen molar-refractivity contribution in [3.8, 4) is 0 Å². The fraction of sp³-hybridized carbons (Fsp3) is 0.833. The van der Waals surface area contributed by atoms with Gasteiger partial charge in [0.15, 0.2) is 6.17 Å². The van der Waals surface area contributed by atoms with E-state index in [1.54, 1.807) is 0 Å². The van der Waals surface area contributed by atoms with Gasteiger partial charge in [-0.05, 0) is 6.42 Å². The molecule has 0 aromatic rings. The minimum Gasteiger partial charge on any atom is -0.481 e. The summed E-state index contributed by atoms with van der Waals surface area (Å²) in [6.07, 6.45) is -2.52. The van der Waals surface area contributed by atoms with Gasteiger partial charge in [0.2, 0.25) is 0 Å². The Labute approximate surface area is 163 Å². The Morgan fingerprint density at radius 1 is 0.957 bits per heavy atom. The standard InChI is InChI=1S/C6H6Cl6.C6H9FO4/c7-1-2(8)4(10)6(12)5(11)3(1)9;1-11-6(10)4(7)2-3-5(8)9/h1-6H;4H,2-3H2,1H3,(H,8,9). The third-order valence-electron chi connectivity index (χ3n) is 2.89. The summed E-state index contributed by atoms with van der Waals surface area (Å²) in [4.78, 5) is 20.2. The lowest BCUT2D eigenvalue weighted by atomic mass is 9.97. The molecule has 0 saturated heterocycles. The number of esters is 1. The maximum Gasteiger partial charge on any atom is 0.340 e. The highest BCUT2D eigenvalue weighted by Crippen LogP contribution is 2.39. The van der Waals surface area contributed by atoms with Crippen LogP contribution in [0.25, 0.3) is 0 Å². The van der Waals surface area contributed by atoms with E-state index in [-0.39, 0.29) is 12.8 Å². The number of methoxy groups -OCH3 is 1. The lowest BCUT2D eigenvalue weighted by molar-refractivity contribution is -0.147. The number of halogens is 7. The van der Waals surface area contributed by atoms with E-state index in [9.17, 15) is 14.0 Å². The zero-order valence-electron chi connectivity index (χ0n) is 11.8. The molecule has 1 unspecified atom stereocenters. The summed E-state index contributed by atoms with van der Waals surface area (Å²) in [5.41, 5.74) is 0. The molecule has 23 heavy (non-hydrogen) atoms. The van der Waals surface area contributed by atoms with E-state index in [0.29, 0.717) is 0 Å². The number of hydrogen-bond acceptors (Lipinski definition) is 3. The SMILES string of the molecule is COC(=O)C(F)CCC(=O)O.ClC1C(Cl)C(Cl)C(Cl)C(Cl)C1Cl. The number of carboxylic acids is 1. The fourth-order valence-corrected chi connectivity index (χ4v) is 3.88. The summed E-state index contributed by atoms with van der Waals surface area (Å²) < 4.78 is 16.5. The second kappa shape index (κ2) is 11.3. The first-order valence-corrected chi connectivity index (χ1v) is 8.94. The highest BCUT2D eigenvalue weighted by molar-refractivity contribution is 6.45. The van der Waals surface area contributed by atoms with Crippen molar-refractivity contribution in [3.05, 3.63) is 0 Å². The van der Waals surface area contributed by atoms with E-state index in [1.165, 1.54) is 0 Å². The zero-order chi connectivity index (χ0) is 18.3. The lowest BCUT2D eigenvalue weighted by Gasteiger charge is -2.37. The van der Waals surface area contributed by atoms with Crippen LogP contribution in [0.5, 0.6) is 0 Å². The van der Waals surface area contributed by atoms with Gasteiger partial charge >= 0.3 is 11.9 Å². The van der Waals surface area contributed by atoms with Crippen LogP contribution in [0.4, 0.5) is 4.39 Å². The van der Waals surface area contributed by atoms with Gasteiger partial charge in [-0.1, -0.05) is 0 Å². The van der Waals surface area contributed by atoms with Crippen LogP contribution in [0.2, 0.25) is 0 Å². The van der Waals surface area contributed by atoms with E-state index in [4.69, 9.17) is 74.7 Å². The topological polar surface area (TPSA) is 63.6 Å². The Morgan fingerprint density at radius 3 is 1.48 bits per heavy atom. The summed E-state index contributed by atoms with van der Waals surface area (Å²) in [6, 6.07) is 0. The molecule has 1 aliphatic rings. The average molecular weight is 455 g/mol. The first kappa shape index (κ1) is 23.6. The molecule has 0 spiro atoms. The molecule has 136 valence electrons. The van der Waals surface area contributed by atoms with Gasteiger partial charge in [-0.3, -0.25) is 4.79 Å². The fourth-order valence-electron chi connectivity index (χ4n) is 1.55. The molecule has 0 radical (unpaired) electrons. The molecular formula is C12H15Cl6FO4. The van der Waals surface area contributed by atoms with Gasteiger partial charge in [-0.2, -0.15) is 0 Å². The number of carbonyl (C=O) groups is 2. The van der Waals surface area contributed by atoms with Gasteiger partial charge < -0.3 is 9.84 Å². The molecule has 0 heterocycles. The Balaban J connectivity index is 0.000000423. The first-order chi connectivity index (χ1) is 10.5. The molecule has 11 heteroatoms. The smallest absolute Gasteiger partial charge is 0.340 e. The lowest BCUT2D eigenvalue weighted by Crippen LogP contribution is -2.52. The van der Waals surface area contributed by atoms with Crippen LogP contribution in [0.1, 0.15) is 12.8 Å². The number of carbonyl (C=O) groups excluding carboxylic acids is 1. The van der Waals surface area contributed by atoms with Gasteiger partial charge in [-0.15, -0.1) is 69.6 Å². The number of aliphatic carboxylic acids is 1. The molecule has 1 saturated carbocycles. The predicted molar refractivity (Wildman–Crippen MR) is 91.6 cm³/mol. The summed E-state index contributed by atoms with van der Waals surface area (Å²) >= 11 is 35.3. The second-order valence-electron chi connectivity index (χ2n) is 4.59. The molecule has 0 aromatic heterocycles. The largest absolute Gasteiger partial charge is 0.481 e. The molecule has 1 rings (SSSR count). The molecule has 4 nitrogen and oxygen atoms in total. The van der Waals surface area contributed by atoms with Crippen molar-refractivity contribution in [3.63, 3.8) is 0 Å². The van der Waals surface area contributed by atoms with E-state index >= 15 is 0 Å². The minimum absolute atomic E-state index is 0.331. The molecule has 1 N–H and O–H groups in total. The predicted octanol–water partition coefficient (Wildman–Crippen LogP) is 4.01. The van der Waals surface area contributed by atoms with Gasteiger partial charge in [0.05, 0.1) is 39.4 Å². The summed E-state index contributed by atoms with van der Waals surface area (Å²) in [5.74, 6) is -2.15. The Bertz CT molecular complexity index is 343. The quantitative estimate of drug-likeness (QED) is 0.515. The monoisotopic (exact) mass is 452 g/mol. The van der Waals surface area contributed by atoms with Crippen LogP contribution in [0.15, 0.2) is 0 Å². The highest BCUT2D eigenvalue weighted by Gasteiger charge is 2.46. The number of hydrogen-bond donors (Lipinski definition) is 1. The molecule has 0 aliphatic heterocycles. The second-order valence-corrected chi connectivity index (χ2v) is 7.61. The third-order valence-corrected chi connectivity index (χ3v) is 6.93. The van der Waals surface area contributed by atoms with Gasteiger partial charge in [0, 0.05) is 6.42 Å². The molecular weight excluding hydrogens is 440 g/mol. The molecule has 0 amide bonds. The minimum atomic E-state index is -1.82. The first-order valence-electron chi connectivity index (χ1n) is 6.32. The average Bonchev–Trinajstić information content (AvgIpc) is 2.53. The van der Waals surface area contributed by atoms with Gasteiger partial charge in [0.25, 0.3) is 0 Å². The summed E-state index contributed by atoms with van der Waals surface area (Å²) in [6.45, 7) is 0. The van der Waals surface area contributed by atoms with E-state index < -0.39 is 50.4 Å². The Hall–Kier alpha value is 0.610. The Morgan fingerprint density at radius 2 is 1.26 bits per heavy atom. The number of rotatable bonds is 4. The van der Waals surface area contributed by atoms with Gasteiger partial charge in [0.1, 0.15) is 0 Å². The normalized spacial score (nSPS) is 34.8. The van der Waals surface area contributed by atoms with Crippen LogP contribution >= 0.6 is 69.6 Å². The molecule has 0 aromatic carbocycles. The summed E-state index contributed by atoms with van der Waals surface area (Å²) in [5, 5.41) is 5.48. The van der Waals surface area contributed by atoms with Gasteiger partial charge in [-0.25, -0.2) is 9.18 Å². The van der Waals surface area contributed by atoms with Crippen molar-refractivity contribution in [2.75, 3.05) is 7.11 Å². The number of ether oxygens (including phenoxy) is 1. The van der Waals surface area contributed by atoms with Crippen LogP contribution in [0.3, 0.4) is 0 Å². The molecule has 0 bridgehead atoms. The van der Waals surface area contributed by atoms with Crippen molar-refractivity contribution in [1.29, 1.82) is 0 Å². The van der Waals surface area contributed by atoms with E-state index in [0.717, 1.165) is 7.11 Å². The van der Waals surface area contributed by atoms with Crippen molar-refractivity contribution >= 4 is 81.5 Å². The van der Waals surface area contributed by atoms with Crippen molar-refractivity contribution in [2.24, 2.45) is 0 Å². The van der Waals surface area contributed by atoms with Crippen molar-refractivity contribution < 1.29 is 23.8 Å². The zero-order valence-corrected chi connectivity index (χ0v) is 16.3. The molecule has 1 fully saturated rings. The maximum atomic E-state index is 12.4.